The van der Waals surface area contributed by atoms with E-state index in [2.05, 4.69) is 4.99 Å². The lowest BCUT2D eigenvalue weighted by molar-refractivity contribution is -0.163. The molecular formula is C20H39N7O6. The van der Waals surface area contributed by atoms with Crippen LogP contribution in [0.5, 0.6) is 0 Å². The fraction of sp³-hybridized carbons (Fsp3) is 0.750. The lowest BCUT2D eigenvalue weighted by Crippen LogP contribution is -2.64. The van der Waals surface area contributed by atoms with Crippen LogP contribution in [0, 0.1) is 0 Å². The molecule has 0 aliphatic carbocycles. The van der Waals surface area contributed by atoms with E-state index in [0.717, 1.165) is 6.92 Å². The number of nitrogens with two attached hydrogens (primary N) is 5. The molecule has 33 heavy (non-hydrogen) atoms. The van der Waals surface area contributed by atoms with Gasteiger partial charge in [0, 0.05) is 13.1 Å². The summed E-state index contributed by atoms with van der Waals surface area (Å²) in [6.07, 6.45) is 1.68. The van der Waals surface area contributed by atoms with Crippen LogP contribution < -0.4 is 28.7 Å². The summed E-state index contributed by atoms with van der Waals surface area (Å²) in [5, 5.41) is 0. The van der Waals surface area contributed by atoms with Crippen LogP contribution in [0.2, 0.25) is 0 Å². The first kappa shape index (κ1) is 30.6. The van der Waals surface area contributed by atoms with Crippen LogP contribution in [0.1, 0.15) is 39.0 Å². The highest BCUT2D eigenvalue weighted by Crippen LogP contribution is 2.24. The monoisotopic (exact) mass is 473 g/mol. The van der Waals surface area contributed by atoms with E-state index in [0.29, 0.717) is 37.4 Å². The normalized spacial score (nSPS) is 13.6. The summed E-state index contributed by atoms with van der Waals surface area (Å²) < 4.78 is 10.4. The maximum atomic E-state index is 13.2. The second-order valence-electron chi connectivity index (χ2n) is 7.42. The van der Waals surface area contributed by atoms with Gasteiger partial charge in [-0.3, -0.25) is 24.3 Å². The van der Waals surface area contributed by atoms with Gasteiger partial charge in [-0.05, 0) is 39.2 Å². The summed E-state index contributed by atoms with van der Waals surface area (Å²) in [6.45, 7) is 1.99. The molecule has 0 aromatic heterocycles. The van der Waals surface area contributed by atoms with Crippen LogP contribution >= 0.6 is 0 Å². The smallest absolute Gasteiger partial charge is 0.256 e. The minimum atomic E-state index is -2.06. The highest BCUT2D eigenvalue weighted by molar-refractivity contribution is 6.12. The lowest BCUT2D eigenvalue weighted by Gasteiger charge is -2.38. The Morgan fingerprint density at radius 3 is 2.24 bits per heavy atom. The molecule has 0 aliphatic heterocycles. The molecule has 0 saturated heterocycles. The van der Waals surface area contributed by atoms with E-state index in [-0.39, 0.29) is 51.3 Å². The lowest BCUT2D eigenvalue weighted by atomic mass is 9.87. The summed E-state index contributed by atoms with van der Waals surface area (Å²) in [5.41, 5.74) is 25.4. The molecule has 10 N–H and O–H groups in total. The Morgan fingerprint density at radius 1 is 1.03 bits per heavy atom. The second kappa shape index (κ2) is 17.1. The summed E-state index contributed by atoms with van der Waals surface area (Å²) in [4.78, 5) is 55.5. The molecule has 2 amide bonds. The number of ether oxygens (including phenoxy) is 2. The van der Waals surface area contributed by atoms with Crippen LogP contribution in [0.15, 0.2) is 4.99 Å². The van der Waals surface area contributed by atoms with E-state index < -0.39 is 35.8 Å². The van der Waals surface area contributed by atoms with Crippen LogP contribution in [-0.4, -0.2) is 92.4 Å². The molecule has 0 saturated carbocycles. The number of amides is 2. The largest absolute Gasteiger partial charge is 0.378 e. The molecule has 0 heterocycles. The Labute approximate surface area is 194 Å². The predicted octanol–water partition coefficient (Wildman–Crippen LogP) is -2.63. The Balaban J connectivity index is 5.71. The van der Waals surface area contributed by atoms with Gasteiger partial charge in [-0.25, -0.2) is 0 Å². The molecule has 0 spiro atoms. The molecule has 13 heteroatoms. The Kier molecular flexibility index (Phi) is 15.8. The van der Waals surface area contributed by atoms with Gasteiger partial charge >= 0.3 is 0 Å². The number of aliphatic imine (C=N–C) groups is 1. The first-order valence-electron chi connectivity index (χ1n) is 10.9. The van der Waals surface area contributed by atoms with Crippen molar-refractivity contribution in [1.29, 1.82) is 0 Å². The topological polar surface area (TPSA) is 232 Å². The molecule has 0 aromatic rings. The van der Waals surface area contributed by atoms with Crippen LogP contribution in [0.3, 0.4) is 0 Å². The molecule has 0 bridgehead atoms. The van der Waals surface area contributed by atoms with Gasteiger partial charge in [-0.15, -0.1) is 0 Å². The van der Waals surface area contributed by atoms with Crippen molar-refractivity contribution in [2.24, 2.45) is 33.7 Å². The fourth-order valence-corrected chi connectivity index (χ4v) is 3.06. The summed E-state index contributed by atoms with van der Waals surface area (Å²) in [5.74, 6) is -2.56. The molecule has 0 fully saturated rings. The van der Waals surface area contributed by atoms with Gasteiger partial charge in [0.05, 0.1) is 25.9 Å². The first-order chi connectivity index (χ1) is 15.7. The highest BCUT2D eigenvalue weighted by atomic mass is 16.5. The van der Waals surface area contributed by atoms with Gasteiger partial charge < -0.3 is 42.9 Å². The Bertz CT molecular complexity index is 657. The van der Waals surface area contributed by atoms with Crippen molar-refractivity contribution in [2.45, 2.75) is 50.6 Å². The number of rotatable bonds is 19. The SMILES string of the molecule is CC(=O)[C@@](C=O)(CCCN=C(N)N)N(C(=O)COCCOCCN)C(=O)[C@@H](N)CCCCN. The van der Waals surface area contributed by atoms with E-state index in [1.54, 1.807) is 0 Å². The van der Waals surface area contributed by atoms with Crippen LogP contribution in [0.4, 0.5) is 0 Å². The molecule has 0 radical (unpaired) electrons. The molecule has 0 unspecified atom stereocenters. The molecule has 0 rings (SSSR count). The van der Waals surface area contributed by atoms with Crippen molar-refractivity contribution < 1.29 is 28.7 Å². The zero-order valence-electron chi connectivity index (χ0n) is 19.4. The number of guanidine groups is 1. The Hall–Kier alpha value is -2.45. The van der Waals surface area contributed by atoms with E-state index >= 15 is 0 Å². The second-order valence-corrected chi connectivity index (χ2v) is 7.42. The number of imide groups is 1. The first-order valence-corrected chi connectivity index (χ1v) is 10.9. The third kappa shape index (κ3) is 10.8. The summed E-state index contributed by atoms with van der Waals surface area (Å²) in [7, 11) is 0. The van der Waals surface area contributed by atoms with Crippen molar-refractivity contribution in [1.82, 2.24) is 4.90 Å². The number of aldehydes is 1. The van der Waals surface area contributed by atoms with Gasteiger partial charge in [-0.2, -0.15) is 0 Å². The van der Waals surface area contributed by atoms with Gasteiger partial charge in [-0.1, -0.05) is 6.42 Å². The zero-order valence-corrected chi connectivity index (χ0v) is 19.4. The molecule has 0 aromatic carbocycles. The van der Waals surface area contributed by atoms with Crippen molar-refractivity contribution in [3.05, 3.63) is 0 Å². The van der Waals surface area contributed by atoms with Crippen LogP contribution in [-0.2, 0) is 28.7 Å². The third-order valence-electron chi connectivity index (χ3n) is 4.83. The van der Waals surface area contributed by atoms with E-state index in [4.69, 9.17) is 38.1 Å². The summed E-state index contributed by atoms with van der Waals surface area (Å²) in [6, 6.07) is -1.11. The van der Waals surface area contributed by atoms with Crippen molar-refractivity contribution in [3.63, 3.8) is 0 Å². The molecule has 13 nitrogen and oxygen atoms in total. The number of Topliss-reactive ketones (excluding diaryl/α,β-unsaturated/α-hetero) is 1. The number of carbonyl (C=O) groups is 4. The number of hydrogen-bond acceptors (Lipinski definition) is 10. The van der Waals surface area contributed by atoms with E-state index in [1.807, 2.05) is 0 Å². The van der Waals surface area contributed by atoms with Crippen molar-refractivity contribution in [3.8, 4) is 0 Å². The number of ketones is 1. The van der Waals surface area contributed by atoms with Gasteiger partial charge in [0.1, 0.15) is 6.61 Å². The van der Waals surface area contributed by atoms with Gasteiger partial charge in [0.15, 0.2) is 23.6 Å². The average molecular weight is 474 g/mol. The minimum Gasteiger partial charge on any atom is -0.378 e. The van der Waals surface area contributed by atoms with Gasteiger partial charge in [0.2, 0.25) is 5.91 Å². The van der Waals surface area contributed by atoms with E-state index in [9.17, 15) is 19.2 Å². The van der Waals surface area contributed by atoms with Crippen LogP contribution in [0.25, 0.3) is 0 Å². The van der Waals surface area contributed by atoms with Crippen molar-refractivity contribution in [2.75, 3.05) is 46.1 Å². The minimum absolute atomic E-state index is 0.0506. The fourth-order valence-electron chi connectivity index (χ4n) is 3.06. The number of nitrogens with zero attached hydrogens (tertiary/aromatic N) is 2. The predicted molar refractivity (Wildman–Crippen MR) is 123 cm³/mol. The van der Waals surface area contributed by atoms with E-state index in [1.165, 1.54) is 0 Å². The molecule has 190 valence electrons. The van der Waals surface area contributed by atoms with Crippen molar-refractivity contribution >= 4 is 29.8 Å². The number of carbonyl (C=O) groups excluding carboxylic acids is 4. The molecule has 2 atom stereocenters. The highest BCUT2D eigenvalue weighted by Gasteiger charge is 2.48. The van der Waals surface area contributed by atoms with Gasteiger partial charge in [0.25, 0.3) is 5.91 Å². The molecule has 0 aliphatic rings. The number of unbranched alkanes of at least 4 members (excludes halogenated alkanes) is 1. The average Bonchev–Trinajstić information content (AvgIpc) is 2.77. The maximum Gasteiger partial charge on any atom is 0.256 e. The maximum absolute atomic E-state index is 13.2. The molecular weight excluding hydrogens is 434 g/mol. The quantitative estimate of drug-likeness (QED) is 0.0428. The standard InChI is InChI=1S/C20H39N7O6/c1-15(29)20(14-28,6-4-9-26-19(24)25)27(18(31)16(23)5-2-3-7-21)17(30)13-33-12-11-32-10-8-22/h14,16H,2-13,21-23H2,1H3,(H4,24,25,26)/t16-,20-/m0/s1. The summed E-state index contributed by atoms with van der Waals surface area (Å²) >= 11 is 0. The third-order valence-corrected chi connectivity index (χ3v) is 4.83. The number of hydrogen-bond donors (Lipinski definition) is 5. The Morgan fingerprint density at radius 2 is 1.70 bits per heavy atom. The zero-order chi connectivity index (χ0) is 25.3.